The van der Waals surface area contributed by atoms with Crippen LogP contribution in [0.4, 0.5) is 4.39 Å². The lowest BCUT2D eigenvalue weighted by Crippen LogP contribution is -2.42. The minimum absolute atomic E-state index is 0.0969. The van der Waals surface area contributed by atoms with E-state index < -0.39 is 0 Å². The zero-order valence-electron chi connectivity index (χ0n) is 14.6. The molecule has 0 unspecified atom stereocenters. The van der Waals surface area contributed by atoms with Crippen molar-refractivity contribution in [1.82, 2.24) is 10.2 Å². The zero-order valence-corrected chi connectivity index (χ0v) is 14.6. The molecule has 1 heterocycles. The molecule has 4 heteroatoms. The molecule has 0 bridgehead atoms. The average Bonchev–Trinajstić information content (AvgIpc) is 2.67. The van der Waals surface area contributed by atoms with Crippen LogP contribution in [0.15, 0.2) is 48.5 Å². The van der Waals surface area contributed by atoms with Crippen molar-refractivity contribution in [2.24, 2.45) is 0 Å². The summed E-state index contributed by atoms with van der Waals surface area (Å²) in [5.74, 6) is -0.168. The van der Waals surface area contributed by atoms with Crippen LogP contribution in [0, 0.1) is 5.82 Å². The molecule has 134 valence electrons. The highest BCUT2D eigenvalue weighted by Gasteiger charge is 2.18. The molecule has 0 amide bonds. The van der Waals surface area contributed by atoms with Crippen LogP contribution in [-0.2, 0) is 19.6 Å². The van der Waals surface area contributed by atoms with Gasteiger partial charge in [0.1, 0.15) is 5.82 Å². The highest BCUT2D eigenvalue weighted by Crippen LogP contribution is 2.14. The van der Waals surface area contributed by atoms with E-state index in [4.69, 9.17) is 0 Å². The SMILES string of the molecule is OCc1ccccc1CNC1CCN(CCc2ccc(F)cc2)CC1. The molecule has 0 atom stereocenters. The van der Waals surface area contributed by atoms with Gasteiger partial charge in [0.05, 0.1) is 6.61 Å². The fourth-order valence-electron chi connectivity index (χ4n) is 3.44. The quantitative estimate of drug-likeness (QED) is 0.812. The molecule has 1 aliphatic rings. The third-order valence-corrected chi connectivity index (χ3v) is 5.09. The van der Waals surface area contributed by atoms with Gasteiger partial charge in [-0.15, -0.1) is 0 Å². The predicted molar refractivity (Wildman–Crippen MR) is 98.8 cm³/mol. The summed E-state index contributed by atoms with van der Waals surface area (Å²) in [7, 11) is 0. The highest BCUT2D eigenvalue weighted by atomic mass is 19.1. The number of aliphatic hydroxyl groups excluding tert-OH is 1. The number of hydrogen-bond donors (Lipinski definition) is 2. The first-order valence-electron chi connectivity index (χ1n) is 9.12. The number of nitrogens with zero attached hydrogens (tertiary/aromatic N) is 1. The van der Waals surface area contributed by atoms with E-state index in [1.807, 2.05) is 30.3 Å². The van der Waals surface area contributed by atoms with Crippen LogP contribution in [0.25, 0.3) is 0 Å². The van der Waals surface area contributed by atoms with E-state index in [1.165, 1.54) is 23.3 Å². The van der Waals surface area contributed by atoms with Crippen molar-refractivity contribution in [2.75, 3.05) is 19.6 Å². The number of halogens is 1. The molecule has 0 aromatic heterocycles. The molecular formula is C21H27FN2O. The second kappa shape index (κ2) is 9.09. The van der Waals surface area contributed by atoms with Crippen LogP contribution in [0.5, 0.6) is 0 Å². The van der Waals surface area contributed by atoms with Crippen molar-refractivity contribution in [3.05, 3.63) is 71.0 Å². The number of likely N-dealkylation sites (tertiary alicyclic amines) is 1. The van der Waals surface area contributed by atoms with Gasteiger partial charge in [-0.3, -0.25) is 0 Å². The maximum atomic E-state index is 12.9. The van der Waals surface area contributed by atoms with Crippen LogP contribution >= 0.6 is 0 Å². The summed E-state index contributed by atoms with van der Waals surface area (Å²) < 4.78 is 12.9. The molecule has 0 saturated carbocycles. The monoisotopic (exact) mass is 342 g/mol. The third-order valence-electron chi connectivity index (χ3n) is 5.09. The first kappa shape index (κ1) is 18.1. The Hall–Kier alpha value is -1.75. The summed E-state index contributed by atoms with van der Waals surface area (Å²) in [4.78, 5) is 2.49. The Kier molecular flexibility index (Phi) is 6.56. The highest BCUT2D eigenvalue weighted by molar-refractivity contribution is 5.26. The Balaban J connectivity index is 1.39. The lowest BCUT2D eigenvalue weighted by atomic mass is 10.0. The first-order chi connectivity index (χ1) is 12.2. The molecule has 1 fully saturated rings. The smallest absolute Gasteiger partial charge is 0.123 e. The van der Waals surface area contributed by atoms with Gasteiger partial charge < -0.3 is 15.3 Å². The van der Waals surface area contributed by atoms with Crippen molar-refractivity contribution < 1.29 is 9.50 Å². The Bertz CT molecular complexity index is 651. The number of hydrogen-bond acceptors (Lipinski definition) is 3. The van der Waals surface area contributed by atoms with E-state index in [1.54, 1.807) is 0 Å². The number of piperidine rings is 1. The van der Waals surface area contributed by atoms with Gasteiger partial charge in [-0.2, -0.15) is 0 Å². The lowest BCUT2D eigenvalue weighted by molar-refractivity contribution is 0.199. The van der Waals surface area contributed by atoms with Crippen molar-refractivity contribution in [3.8, 4) is 0 Å². The maximum absolute atomic E-state index is 12.9. The van der Waals surface area contributed by atoms with Gasteiger partial charge >= 0.3 is 0 Å². The molecule has 3 nitrogen and oxygen atoms in total. The Labute approximate surface area is 149 Å². The van der Waals surface area contributed by atoms with E-state index >= 15 is 0 Å². The molecule has 1 saturated heterocycles. The van der Waals surface area contributed by atoms with Gasteiger partial charge in [-0.1, -0.05) is 36.4 Å². The van der Waals surface area contributed by atoms with E-state index in [2.05, 4.69) is 16.3 Å². The molecule has 25 heavy (non-hydrogen) atoms. The van der Waals surface area contributed by atoms with Crippen molar-refractivity contribution in [2.45, 2.75) is 38.5 Å². The van der Waals surface area contributed by atoms with Gasteiger partial charge in [-0.25, -0.2) is 4.39 Å². The Morgan fingerprint density at radius 2 is 1.68 bits per heavy atom. The second-order valence-corrected chi connectivity index (χ2v) is 6.80. The number of aliphatic hydroxyl groups is 1. The molecule has 2 aromatic rings. The molecule has 0 radical (unpaired) electrons. The van der Waals surface area contributed by atoms with E-state index in [9.17, 15) is 9.50 Å². The summed E-state index contributed by atoms with van der Waals surface area (Å²) in [6, 6.07) is 15.4. The van der Waals surface area contributed by atoms with E-state index in [0.717, 1.165) is 51.0 Å². The van der Waals surface area contributed by atoms with Crippen LogP contribution in [-0.4, -0.2) is 35.7 Å². The minimum Gasteiger partial charge on any atom is -0.392 e. The third kappa shape index (κ3) is 5.36. The Morgan fingerprint density at radius 1 is 1.00 bits per heavy atom. The van der Waals surface area contributed by atoms with Crippen molar-refractivity contribution in [3.63, 3.8) is 0 Å². The van der Waals surface area contributed by atoms with Crippen LogP contribution in [0.1, 0.15) is 29.5 Å². The van der Waals surface area contributed by atoms with Gasteiger partial charge in [0.15, 0.2) is 0 Å². The number of nitrogens with one attached hydrogen (secondary N) is 1. The normalized spacial score (nSPS) is 16.2. The minimum atomic E-state index is -0.168. The predicted octanol–water partition coefficient (Wildman–Crippen LogP) is 3.11. The molecule has 1 aliphatic heterocycles. The summed E-state index contributed by atoms with van der Waals surface area (Å²) in [5, 5.41) is 13.0. The van der Waals surface area contributed by atoms with Gasteiger partial charge in [0.2, 0.25) is 0 Å². The molecule has 0 spiro atoms. The fourth-order valence-corrected chi connectivity index (χ4v) is 3.44. The summed E-state index contributed by atoms with van der Waals surface area (Å²) in [5.41, 5.74) is 3.39. The molecule has 3 rings (SSSR count). The number of rotatable bonds is 7. The molecule has 0 aliphatic carbocycles. The summed E-state index contributed by atoms with van der Waals surface area (Å²) >= 11 is 0. The summed E-state index contributed by atoms with van der Waals surface area (Å²) in [6.45, 7) is 4.14. The first-order valence-corrected chi connectivity index (χ1v) is 9.12. The largest absolute Gasteiger partial charge is 0.392 e. The standard InChI is InChI=1S/C21H27FN2O/c22-20-7-5-17(6-8-20)9-12-24-13-10-21(11-14-24)23-15-18-3-1-2-4-19(18)16-25/h1-8,21,23,25H,9-16H2. The second-order valence-electron chi connectivity index (χ2n) is 6.80. The topological polar surface area (TPSA) is 35.5 Å². The molecular weight excluding hydrogens is 315 g/mol. The van der Waals surface area contributed by atoms with Gasteiger partial charge in [0.25, 0.3) is 0 Å². The fraction of sp³-hybridized carbons (Fsp3) is 0.429. The lowest BCUT2D eigenvalue weighted by Gasteiger charge is -2.32. The van der Waals surface area contributed by atoms with Crippen molar-refractivity contribution >= 4 is 0 Å². The van der Waals surface area contributed by atoms with Crippen LogP contribution in [0.2, 0.25) is 0 Å². The molecule has 2 N–H and O–H groups in total. The van der Waals surface area contributed by atoms with Crippen molar-refractivity contribution in [1.29, 1.82) is 0 Å². The molecule has 2 aromatic carbocycles. The van der Waals surface area contributed by atoms with Crippen LogP contribution < -0.4 is 5.32 Å². The zero-order chi connectivity index (χ0) is 17.5. The maximum Gasteiger partial charge on any atom is 0.123 e. The Morgan fingerprint density at radius 3 is 2.36 bits per heavy atom. The van der Waals surface area contributed by atoms with Gasteiger partial charge in [0, 0.05) is 19.1 Å². The number of benzene rings is 2. The average molecular weight is 342 g/mol. The van der Waals surface area contributed by atoms with Gasteiger partial charge in [-0.05, 0) is 61.2 Å². The van der Waals surface area contributed by atoms with Crippen LogP contribution in [0.3, 0.4) is 0 Å². The summed E-state index contributed by atoms with van der Waals surface area (Å²) in [6.07, 6.45) is 3.26. The van der Waals surface area contributed by atoms with E-state index in [-0.39, 0.29) is 12.4 Å². The van der Waals surface area contributed by atoms with E-state index in [0.29, 0.717) is 6.04 Å².